The van der Waals surface area contributed by atoms with Crippen LogP contribution in [0.2, 0.25) is 0 Å². The Morgan fingerprint density at radius 2 is 2.21 bits per heavy atom. The van der Waals surface area contributed by atoms with Crippen molar-refractivity contribution in [1.29, 1.82) is 0 Å². The monoisotopic (exact) mass is 253 g/mol. The summed E-state index contributed by atoms with van der Waals surface area (Å²) < 4.78 is 1.20. The first-order chi connectivity index (χ1) is 6.66. The van der Waals surface area contributed by atoms with Gasteiger partial charge in [0.1, 0.15) is 0 Å². The molecule has 1 aromatic carbocycles. The molecule has 1 aromatic rings. The Bertz CT molecular complexity index is 335. The van der Waals surface area contributed by atoms with Crippen molar-refractivity contribution in [1.82, 2.24) is 4.90 Å². The van der Waals surface area contributed by atoms with E-state index in [4.69, 9.17) is 0 Å². The second-order valence-electron chi connectivity index (χ2n) is 4.26. The van der Waals surface area contributed by atoms with Crippen LogP contribution in [0, 0.1) is 0 Å². The Kier molecular flexibility index (Phi) is 2.93. The summed E-state index contributed by atoms with van der Waals surface area (Å²) in [5.74, 6) is 0.648. The summed E-state index contributed by atoms with van der Waals surface area (Å²) in [6.07, 6.45) is 1.18. The van der Waals surface area contributed by atoms with Gasteiger partial charge >= 0.3 is 0 Å². The smallest absolute Gasteiger partial charge is 0.0178 e. The van der Waals surface area contributed by atoms with E-state index in [1.807, 2.05) is 0 Å². The molecule has 1 nitrogen and oxygen atoms in total. The van der Waals surface area contributed by atoms with Crippen molar-refractivity contribution in [3.63, 3.8) is 0 Å². The third kappa shape index (κ3) is 2.01. The lowest BCUT2D eigenvalue weighted by Crippen LogP contribution is -2.22. The number of hydrogen-bond donors (Lipinski definition) is 0. The predicted octanol–water partition coefficient (Wildman–Crippen LogP) is 3.04. The molecule has 0 aromatic heterocycles. The molecular weight excluding hydrogens is 238 g/mol. The van der Waals surface area contributed by atoms with Crippen LogP contribution in [-0.4, -0.2) is 25.0 Å². The molecule has 1 heterocycles. The van der Waals surface area contributed by atoms with E-state index in [0.717, 1.165) is 0 Å². The second kappa shape index (κ2) is 4.03. The minimum absolute atomic E-state index is 0.648. The van der Waals surface area contributed by atoms with E-state index in [0.29, 0.717) is 5.92 Å². The zero-order valence-corrected chi connectivity index (χ0v) is 10.3. The van der Waals surface area contributed by atoms with Gasteiger partial charge in [-0.3, -0.25) is 0 Å². The van der Waals surface area contributed by atoms with Gasteiger partial charge in [-0.25, -0.2) is 0 Å². The van der Waals surface area contributed by atoms with Crippen LogP contribution in [0.5, 0.6) is 0 Å². The fraction of sp³-hybridized carbons (Fsp3) is 0.500. The first kappa shape index (κ1) is 10.2. The van der Waals surface area contributed by atoms with Crippen molar-refractivity contribution in [2.45, 2.75) is 19.3 Å². The summed E-state index contributed by atoms with van der Waals surface area (Å²) in [6, 6.07) is 6.69. The Hall–Kier alpha value is -0.340. The van der Waals surface area contributed by atoms with Gasteiger partial charge in [0.25, 0.3) is 0 Å². The minimum Gasteiger partial charge on any atom is -0.305 e. The minimum atomic E-state index is 0.648. The van der Waals surface area contributed by atoms with Crippen LogP contribution in [0.25, 0.3) is 0 Å². The number of halogens is 1. The Balaban J connectivity index is 2.39. The first-order valence-electron chi connectivity index (χ1n) is 5.13. The normalized spacial score (nSPS) is 22.9. The van der Waals surface area contributed by atoms with Crippen molar-refractivity contribution in [2.75, 3.05) is 20.1 Å². The van der Waals surface area contributed by atoms with Crippen molar-refractivity contribution in [3.05, 3.63) is 33.8 Å². The molecule has 0 fully saturated rings. The topological polar surface area (TPSA) is 3.24 Å². The van der Waals surface area contributed by atoms with Gasteiger partial charge in [0, 0.05) is 17.6 Å². The van der Waals surface area contributed by atoms with E-state index in [1.54, 1.807) is 0 Å². The summed E-state index contributed by atoms with van der Waals surface area (Å²) in [5.41, 5.74) is 3.04. The van der Waals surface area contributed by atoms with E-state index < -0.39 is 0 Å². The van der Waals surface area contributed by atoms with Crippen molar-refractivity contribution in [3.8, 4) is 0 Å². The number of fused-ring (bicyclic) bond motifs is 1. The summed E-state index contributed by atoms with van der Waals surface area (Å²) in [6.45, 7) is 4.66. The van der Waals surface area contributed by atoms with Crippen LogP contribution < -0.4 is 0 Å². The van der Waals surface area contributed by atoms with Gasteiger partial charge in [0.05, 0.1) is 0 Å². The standard InChI is InChI=1S/C12H16BrN/c1-9-8-14(2)6-5-10-3-4-11(13)7-12(9)10/h3-4,7,9H,5-6,8H2,1-2H3. The lowest BCUT2D eigenvalue weighted by Gasteiger charge is -2.17. The highest BCUT2D eigenvalue weighted by Crippen LogP contribution is 2.27. The molecule has 0 saturated heterocycles. The SMILES string of the molecule is CC1CN(C)CCc2ccc(Br)cc21. The molecule has 2 rings (SSSR count). The van der Waals surface area contributed by atoms with E-state index in [1.165, 1.54) is 35.1 Å². The largest absolute Gasteiger partial charge is 0.305 e. The average molecular weight is 254 g/mol. The molecule has 0 saturated carbocycles. The molecule has 1 aliphatic rings. The number of rotatable bonds is 0. The number of nitrogens with zero attached hydrogens (tertiary/aromatic N) is 1. The highest BCUT2D eigenvalue weighted by Gasteiger charge is 2.17. The first-order valence-corrected chi connectivity index (χ1v) is 5.93. The van der Waals surface area contributed by atoms with E-state index in [9.17, 15) is 0 Å². The second-order valence-corrected chi connectivity index (χ2v) is 5.17. The molecule has 1 aliphatic heterocycles. The molecule has 0 spiro atoms. The third-order valence-electron chi connectivity index (χ3n) is 2.99. The van der Waals surface area contributed by atoms with Gasteiger partial charge in [-0.05, 0) is 42.6 Å². The lowest BCUT2D eigenvalue weighted by molar-refractivity contribution is 0.332. The van der Waals surface area contributed by atoms with Crippen LogP contribution in [0.3, 0.4) is 0 Å². The molecule has 76 valence electrons. The summed E-state index contributed by atoms with van der Waals surface area (Å²) in [7, 11) is 2.21. The Morgan fingerprint density at radius 1 is 1.43 bits per heavy atom. The Labute approximate surface area is 94.2 Å². The molecule has 2 heteroatoms. The number of benzene rings is 1. The molecule has 0 N–H and O–H groups in total. The van der Waals surface area contributed by atoms with Crippen molar-refractivity contribution < 1.29 is 0 Å². The maximum atomic E-state index is 3.54. The third-order valence-corrected chi connectivity index (χ3v) is 3.48. The van der Waals surface area contributed by atoms with Crippen LogP contribution in [0.15, 0.2) is 22.7 Å². The molecule has 14 heavy (non-hydrogen) atoms. The highest BCUT2D eigenvalue weighted by atomic mass is 79.9. The maximum absolute atomic E-state index is 3.54. The van der Waals surface area contributed by atoms with Crippen LogP contribution in [0.1, 0.15) is 24.0 Å². The van der Waals surface area contributed by atoms with Crippen LogP contribution in [-0.2, 0) is 6.42 Å². The van der Waals surface area contributed by atoms with Crippen LogP contribution in [0.4, 0.5) is 0 Å². The summed E-state index contributed by atoms with van der Waals surface area (Å²) in [4.78, 5) is 2.42. The molecule has 0 amide bonds. The summed E-state index contributed by atoms with van der Waals surface area (Å²) in [5, 5.41) is 0. The molecule has 0 aliphatic carbocycles. The molecular formula is C12H16BrN. The van der Waals surface area contributed by atoms with Crippen molar-refractivity contribution >= 4 is 15.9 Å². The van der Waals surface area contributed by atoms with Gasteiger partial charge in [0.15, 0.2) is 0 Å². The van der Waals surface area contributed by atoms with E-state index in [2.05, 4.69) is 53.0 Å². The van der Waals surface area contributed by atoms with E-state index in [-0.39, 0.29) is 0 Å². The fourth-order valence-corrected chi connectivity index (χ4v) is 2.60. The number of likely N-dealkylation sites (N-methyl/N-ethyl adjacent to an activating group) is 1. The van der Waals surface area contributed by atoms with Gasteiger partial charge in [0.2, 0.25) is 0 Å². The predicted molar refractivity (Wildman–Crippen MR) is 63.8 cm³/mol. The van der Waals surface area contributed by atoms with Crippen LogP contribution >= 0.6 is 15.9 Å². The van der Waals surface area contributed by atoms with Gasteiger partial charge in [-0.1, -0.05) is 28.9 Å². The van der Waals surface area contributed by atoms with Gasteiger partial charge < -0.3 is 4.90 Å². The van der Waals surface area contributed by atoms with Crippen molar-refractivity contribution in [2.24, 2.45) is 0 Å². The lowest BCUT2D eigenvalue weighted by atomic mass is 9.96. The quantitative estimate of drug-likeness (QED) is 0.687. The summed E-state index contributed by atoms with van der Waals surface area (Å²) >= 11 is 3.54. The van der Waals surface area contributed by atoms with Gasteiger partial charge in [-0.2, -0.15) is 0 Å². The van der Waals surface area contributed by atoms with Gasteiger partial charge in [-0.15, -0.1) is 0 Å². The maximum Gasteiger partial charge on any atom is 0.0178 e. The zero-order valence-electron chi connectivity index (χ0n) is 8.76. The molecule has 0 radical (unpaired) electrons. The number of hydrogen-bond acceptors (Lipinski definition) is 1. The molecule has 1 atom stereocenters. The fourth-order valence-electron chi connectivity index (χ4n) is 2.22. The van der Waals surface area contributed by atoms with E-state index >= 15 is 0 Å². The molecule has 0 bridgehead atoms. The Morgan fingerprint density at radius 3 is 3.00 bits per heavy atom. The zero-order chi connectivity index (χ0) is 10.1. The highest BCUT2D eigenvalue weighted by molar-refractivity contribution is 9.10. The molecule has 1 unspecified atom stereocenters. The average Bonchev–Trinajstić information content (AvgIpc) is 2.27.